The number of carbonyl (C=O) groups excluding carboxylic acids is 1. The van der Waals surface area contributed by atoms with Gasteiger partial charge in [0.25, 0.3) is 0 Å². The standard InChI is InChI=1S/C20H20ClFN4O2S/c1-12-5-4-6-17(13(12)2)23-19(27)11-29-20-25-24-18(26(20)3)10-28-14-7-8-16(22)15(21)9-14/h4-9H,10-11H2,1-3H3,(H,23,27). The van der Waals surface area contributed by atoms with Crippen molar-refractivity contribution in [3.63, 3.8) is 0 Å². The highest BCUT2D eigenvalue weighted by Crippen LogP contribution is 2.23. The number of amides is 1. The monoisotopic (exact) mass is 434 g/mol. The molecule has 0 aliphatic heterocycles. The first-order valence-corrected chi connectivity index (χ1v) is 10.2. The third-order valence-electron chi connectivity index (χ3n) is 4.40. The van der Waals surface area contributed by atoms with Gasteiger partial charge in [0.05, 0.1) is 10.8 Å². The number of halogens is 2. The van der Waals surface area contributed by atoms with Crippen molar-refractivity contribution in [3.05, 3.63) is 64.2 Å². The summed E-state index contributed by atoms with van der Waals surface area (Å²) in [5.74, 6) is 0.582. The van der Waals surface area contributed by atoms with Crippen molar-refractivity contribution in [1.29, 1.82) is 0 Å². The van der Waals surface area contributed by atoms with Gasteiger partial charge in [-0.3, -0.25) is 4.79 Å². The van der Waals surface area contributed by atoms with Crippen LogP contribution in [0.2, 0.25) is 5.02 Å². The molecule has 3 aromatic rings. The second-order valence-electron chi connectivity index (χ2n) is 6.41. The van der Waals surface area contributed by atoms with E-state index in [0.29, 0.717) is 16.7 Å². The first-order valence-electron chi connectivity index (χ1n) is 8.80. The lowest BCUT2D eigenvalue weighted by molar-refractivity contribution is -0.113. The summed E-state index contributed by atoms with van der Waals surface area (Å²) in [6, 6.07) is 9.93. The number of aromatic nitrogens is 3. The number of thioether (sulfide) groups is 1. The highest BCUT2D eigenvalue weighted by molar-refractivity contribution is 7.99. The summed E-state index contributed by atoms with van der Waals surface area (Å²) in [5, 5.41) is 11.7. The predicted molar refractivity (Wildman–Crippen MR) is 112 cm³/mol. The van der Waals surface area contributed by atoms with Crippen LogP contribution in [0.3, 0.4) is 0 Å². The maximum absolute atomic E-state index is 13.2. The molecule has 0 atom stereocenters. The average Bonchev–Trinajstić information content (AvgIpc) is 3.04. The molecular formula is C20H20ClFN4O2S. The summed E-state index contributed by atoms with van der Waals surface area (Å²) in [4.78, 5) is 12.3. The van der Waals surface area contributed by atoms with E-state index in [1.807, 2.05) is 32.0 Å². The third-order valence-corrected chi connectivity index (χ3v) is 5.71. The molecule has 1 heterocycles. The minimum Gasteiger partial charge on any atom is -0.486 e. The number of aryl methyl sites for hydroxylation is 1. The van der Waals surface area contributed by atoms with Crippen LogP contribution in [0.1, 0.15) is 17.0 Å². The summed E-state index contributed by atoms with van der Waals surface area (Å²) in [6.45, 7) is 4.12. The van der Waals surface area contributed by atoms with Crippen molar-refractivity contribution in [3.8, 4) is 5.75 Å². The van der Waals surface area contributed by atoms with Crippen molar-refractivity contribution in [2.24, 2.45) is 7.05 Å². The molecule has 6 nitrogen and oxygen atoms in total. The van der Waals surface area contributed by atoms with Crippen molar-refractivity contribution in [2.45, 2.75) is 25.6 Å². The zero-order chi connectivity index (χ0) is 21.0. The predicted octanol–water partition coefficient (Wildman–Crippen LogP) is 4.53. The molecule has 152 valence electrons. The lowest BCUT2D eigenvalue weighted by atomic mass is 10.1. The van der Waals surface area contributed by atoms with Crippen LogP contribution < -0.4 is 10.1 Å². The quantitative estimate of drug-likeness (QED) is 0.553. The van der Waals surface area contributed by atoms with Crippen LogP contribution >= 0.6 is 23.4 Å². The third kappa shape index (κ3) is 5.27. The number of nitrogens with one attached hydrogen (secondary N) is 1. The van der Waals surface area contributed by atoms with Crippen LogP contribution in [0.4, 0.5) is 10.1 Å². The van der Waals surface area contributed by atoms with E-state index >= 15 is 0 Å². The zero-order valence-electron chi connectivity index (χ0n) is 16.2. The Balaban J connectivity index is 1.55. The number of hydrogen-bond donors (Lipinski definition) is 1. The summed E-state index contributed by atoms with van der Waals surface area (Å²) in [6.07, 6.45) is 0. The molecule has 0 saturated carbocycles. The molecule has 0 unspecified atom stereocenters. The average molecular weight is 435 g/mol. The first kappa shape index (κ1) is 21.1. The van der Waals surface area contributed by atoms with Crippen LogP contribution in [0.15, 0.2) is 41.6 Å². The second-order valence-corrected chi connectivity index (χ2v) is 7.76. The van der Waals surface area contributed by atoms with Crippen molar-refractivity contribution < 1.29 is 13.9 Å². The van der Waals surface area contributed by atoms with Crippen LogP contribution in [-0.2, 0) is 18.4 Å². The summed E-state index contributed by atoms with van der Waals surface area (Å²) in [7, 11) is 1.79. The van der Waals surface area contributed by atoms with E-state index in [1.165, 1.54) is 30.0 Å². The highest BCUT2D eigenvalue weighted by atomic mass is 35.5. The molecule has 0 spiro atoms. The van der Waals surface area contributed by atoms with E-state index in [4.69, 9.17) is 16.3 Å². The van der Waals surface area contributed by atoms with E-state index < -0.39 is 5.82 Å². The maximum Gasteiger partial charge on any atom is 0.234 e. The Morgan fingerprint density at radius 1 is 1.28 bits per heavy atom. The van der Waals surface area contributed by atoms with Gasteiger partial charge in [-0.2, -0.15) is 0 Å². The van der Waals surface area contributed by atoms with E-state index in [9.17, 15) is 9.18 Å². The second kappa shape index (κ2) is 9.28. The van der Waals surface area contributed by atoms with Gasteiger partial charge in [-0.05, 0) is 43.2 Å². The Hall–Kier alpha value is -2.58. The topological polar surface area (TPSA) is 69.0 Å². The largest absolute Gasteiger partial charge is 0.486 e. The fraction of sp³-hybridized carbons (Fsp3) is 0.250. The Labute approximate surface area is 177 Å². The van der Waals surface area contributed by atoms with Crippen molar-refractivity contribution >= 4 is 35.0 Å². The number of anilines is 1. The van der Waals surface area contributed by atoms with Crippen LogP contribution in [0.25, 0.3) is 0 Å². The molecule has 0 saturated heterocycles. The molecule has 0 fully saturated rings. The van der Waals surface area contributed by atoms with Crippen LogP contribution in [-0.4, -0.2) is 26.4 Å². The fourth-order valence-electron chi connectivity index (χ4n) is 2.51. The van der Waals surface area contributed by atoms with Gasteiger partial charge in [-0.15, -0.1) is 10.2 Å². The number of nitrogens with zero attached hydrogens (tertiary/aromatic N) is 3. The normalized spacial score (nSPS) is 10.8. The molecule has 0 bridgehead atoms. The molecule has 1 aromatic heterocycles. The van der Waals surface area contributed by atoms with E-state index in [0.717, 1.165) is 16.8 Å². The number of ether oxygens (including phenoxy) is 1. The lowest BCUT2D eigenvalue weighted by Gasteiger charge is -2.10. The molecule has 1 amide bonds. The first-order chi connectivity index (χ1) is 13.8. The molecule has 29 heavy (non-hydrogen) atoms. The molecule has 0 radical (unpaired) electrons. The van der Waals surface area contributed by atoms with Gasteiger partial charge in [0.15, 0.2) is 11.0 Å². The summed E-state index contributed by atoms with van der Waals surface area (Å²) >= 11 is 7.03. The van der Waals surface area contributed by atoms with E-state index in [-0.39, 0.29) is 23.3 Å². The lowest BCUT2D eigenvalue weighted by Crippen LogP contribution is -2.15. The maximum atomic E-state index is 13.2. The number of benzene rings is 2. The van der Waals surface area contributed by atoms with E-state index in [2.05, 4.69) is 15.5 Å². The molecule has 9 heteroatoms. The zero-order valence-corrected chi connectivity index (χ0v) is 17.8. The minimum absolute atomic E-state index is 0.00781. The van der Waals surface area contributed by atoms with Gasteiger partial charge >= 0.3 is 0 Å². The molecular weight excluding hydrogens is 415 g/mol. The number of rotatable bonds is 7. The van der Waals surface area contributed by atoms with Gasteiger partial charge in [0.1, 0.15) is 18.2 Å². The SMILES string of the molecule is Cc1cccc(NC(=O)CSc2nnc(COc3ccc(F)c(Cl)c3)n2C)c1C. The molecule has 2 aromatic carbocycles. The Bertz CT molecular complexity index is 1040. The Kier molecular flexibility index (Phi) is 6.76. The van der Waals surface area contributed by atoms with Crippen LogP contribution in [0, 0.1) is 19.7 Å². The van der Waals surface area contributed by atoms with Gasteiger partial charge < -0.3 is 14.6 Å². The van der Waals surface area contributed by atoms with Crippen LogP contribution in [0.5, 0.6) is 5.75 Å². The van der Waals surface area contributed by atoms with E-state index in [1.54, 1.807) is 11.6 Å². The van der Waals surface area contributed by atoms with Gasteiger partial charge in [-0.1, -0.05) is 35.5 Å². The minimum atomic E-state index is -0.504. The Morgan fingerprint density at radius 3 is 2.83 bits per heavy atom. The summed E-state index contributed by atoms with van der Waals surface area (Å²) < 4.78 is 20.5. The molecule has 0 aliphatic carbocycles. The van der Waals surface area contributed by atoms with Gasteiger partial charge in [0.2, 0.25) is 5.91 Å². The number of hydrogen-bond acceptors (Lipinski definition) is 5. The van der Waals surface area contributed by atoms with Gasteiger partial charge in [-0.25, -0.2) is 4.39 Å². The molecule has 1 N–H and O–H groups in total. The Morgan fingerprint density at radius 2 is 2.07 bits per heavy atom. The highest BCUT2D eigenvalue weighted by Gasteiger charge is 2.13. The smallest absolute Gasteiger partial charge is 0.234 e. The number of carbonyl (C=O) groups is 1. The van der Waals surface area contributed by atoms with Gasteiger partial charge in [0, 0.05) is 18.8 Å². The van der Waals surface area contributed by atoms with Crippen molar-refractivity contribution in [2.75, 3.05) is 11.1 Å². The summed E-state index contributed by atoms with van der Waals surface area (Å²) in [5.41, 5.74) is 2.97. The molecule has 3 rings (SSSR count). The fourth-order valence-corrected chi connectivity index (χ4v) is 3.41. The van der Waals surface area contributed by atoms with Crippen molar-refractivity contribution in [1.82, 2.24) is 14.8 Å². The molecule has 0 aliphatic rings.